The zero-order valence-electron chi connectivity index (χ0n) is 17.8. The van der Waals surface area contributed by atoms with Crippen molar-refractivity contribution in [1.29, 1.82) is 0 Å². The number of hydrogen-bond donors (Lipinski definition) is 1. The van der Waals surface area contributed by atoms with Crippen LogP contribution in [0, 0.1) is 0 Å². The van der Waals surface area contributed by atoms with Crippen molar-refractivity contribution in [2.75, 3.05) is 36.4 Å². The second kappa shape index (κ2) is 10.1. The summed E-state index contributed by atoms with van der Waals surface area (Å²) in [4.78, 5) is 14.9. The lowest BCUT2D eigenvalue weighted by Gasteiger charge is -2.28. The summed E-state index contributed by atoms with van der Waals surface area (Å²) in [5.41, 5.74) is 1.35. The third kappa shape index (κ3) is 5.23. The number of rotatable bonds is 9. The van der Waals surface area contributed by atoms with E-state index < -0.39 is 10.0 Å². The number of carbonyl (C=O) groups excluding carboxylic acids is 1. The molecule has 0 saturated carbocycles. The molecule has 1 aromatic carbocycles. The van der Waals surface area contributed by atoms with E-state index in [4.69, 9.17) is 4.42 Å². The Hall–Kier alpha value is -2.32. The van der Waals surface area contributed by atoms with Crippen molar-refractivity contribution in [3.05, 3.63) is 42.4 Å². The molecule has 2 heterocycles. The highest BCUT2D eigenvalue weighted by atomic mass is 32.2. The van der Waals surface area contributed by atoms with Crippen LogP contribution in [0.3, 0.4) is 0 Å². The summed E-state index contributed by atoms with van der Waals surface area (Å²) in [5.74, 6) is 0.572. The van der Waals surface area contributed by atoms with Gasteiger partial charge in [-0.25, -0.2) is 8.42 Å². The van der Waals surface area contributed by atoms with Crippen molar-refractivity contribution >= 4 is 27.3 Å². The molecule has 2 aromatic rings. The first-order chi connectivity index (χ1) is 14.5. The topological polar surface area (TPSA) is 82.9 Å². The normalized spacial score (nSPS) is 15.1. The fraction of sp³-hybridized carbons (Fsp3) is 0.500. The van der Waals surface area contributed by atoms with Crippen LogP contribution in [0.2, 0.25) is 0 Å². The molecule has 7 nitrogen and oxygen atoms in total. The quantitative estimate of drug-likeness (QED) is 0.649. The Morgan fingerprint density at radius 3 is 2.50 bits per heavy atom. The van der Waals surface area contributed by atoms with Crippen LogP contribution in [0.1, 0.15) is 45.3 Å². The summed E-state index contributed by atoms with van der Waals surface area (Å²) < 4.78 is 33.1. The van der Waals surface area contributed by atoms with E-state index in [2.05, 4.69) is 10.2 Å². The minimum Gasteiger partial charge on any atom is -0.469 e. The first-order valence-corrected chi connectivity index (χ1v) is 12.1. The van der Waals surface area contributed by atoms with Gasteiger partial charge < -0.3 is 14.6 Å². The fourth-order valence-electron chi connectivity index (χ4n) is 3.77. The van der Waals surface area contributed by atoms with E-state index in [1.807, 2.05) is 19.9 Å². The minimum absolute atomic E-state index is 0.174. The largest absolute Gasteiger partial charge is 0.469 e. The van der Waals surface area contributed by atoms with Gasteiger partial charge in [0.25, 0.3) is 0 Å². The molecule has 3 rings (SSSR count). The van der Waals surface area contributed by atoms with Crippen molar-refractivity contribution in [3.8, 4) is 0 Å². The van der Waals surface area contributed by atoms with Gasteiger partial charge in [0.2, 0.25) is 15.9 Å². The highest BCUT2D eigenvalue weighted by molar-refractivity contribution is 7.89. The van der Waals surface area contributed by atoms with Crippen molar-refractivity contribution in [2.45, 2.75) is 50.8 Å². The number of nitrogens with zero attached hydrogens (tertiary/aromatic N) is 2. The van der Waals surface area contributed by atoms with E-state index in [-0.39, 0.29) is 17.2 Å². The van der Waals surface area contributed by atoms with Crippen LogP contribution in [-0.2, 0) is 21.2 Å². The molecule has 0 radical (unpaired) electrons. The van der Waals surface area contributed by atoms with Crippen LogP contribution in [-0.4, -0.2) is 44.8 Å². The SMILES string of the molecule is CCN(CC)c1ccc(S(=O)(=O)N2CCCCC2)cc1NC(=O)CCc1ccco1. The molecular formula is C22H31N3O4S. The molecule has 1 N–H and O–H groups in total. The molecule has 0 bridgehead atoms. The van der Waals surface area contributed by atoms with Crippen LogP contribution >= 0.6 is 0 Å². The number of benzene rings is 1. The number of amides is 1. The molecule has 0 atom stereocenters. The molecule has 0 unspecified atom stereocenters. The van der Waals surface area contributed by atoms with E-state index in [9.17, 15) is 13.2 Å². The van der Waals surface area contributed by atoms with Gasteiger partial charge >= 0.3 is 0 Å². The highest BCUT2D eigenvalue weighted by Gasteiger charge is 2.27. The van der Waals surface area contributed by atoms with Crippen LogP contribution < -0.4 is 10.2 Å². The molecule has 0 aliphatic carbocycles. The van der Waals surface area contributed by atoms with E-state index in [1.54, 1.807) is 34.8 Å². The molecule has 1 aliphatic rings. The Balaban J connectivity index is 1.85. The minimum atomic E-state index is -3.58. The molecule has 164 valence electrons. The molecule has 1 aliphatic heterocycles. The summed E-state index contributed by atoms with van der Waals surface area (Å²) >= 11 is 0. The fourth-order valence-corrected chi connectivity index (χ4v) is 5.32. The lowest BCUT2D eigenvalue weighted by atomic mass is 10.2. The predicted molar refractivity (Wildman–Crippen MR) is 118 cm³/mol. The van der Waals surface area contributed by atoms with Gasteiger partial charge in [0.1, 0.15) is 5.76 Å². The Labute approximate surface area is 179 Å². The number of sulfonamides is 1. The average molecular weight is 434 g/mol. The summed E-state index contributed by atoms with van der Waals surface area (Å²) in [7, 11) is -3.58. The zero-order chi connectivity index (χ0) is 21.6. The van der Waals surface area contributed by atoms with Crippen LogP contribution in [0.25, 0.3) is 0 Å². The van der Waals surface area contributed by atoms with Crippen LogP contribution in [0.5, 0.6) is 0 Å². The van der Waals surface area contributed by atoms with E-state index in [1.165, 1.54) is 0 Å². The number of piperidine rings is 1. The Bertz CT molecular complexity index is 931. The van der Waals surface area contributed by atoms with Crippen LogP contribution in [0.15, 0.2) is 45.9 Å². The second-order valence-electron chi connectivity index (χ2n) is 7.44. The van der Waals surface area contributed by atoms with E-state index in [0.29, 0.717) is 25.2 Å². The van der Waals surface area contributed by atoms with Crippen molar-refractivity contribution in [2.24, 2.45) is 0 Å². The first-order valence-electron chi connectivity index (χ1n) is 10.7. The Kier molecular flexibility index (Phi) is 7.55. The van der Waals surface area contributed by atoms with Gasteiger partial charge in [-0.3, -0.25) is 4.79 Å². The van der Waals surface area contributed by atoms with Crippen molar-refractivity contribution in [1.82, 2.24) is 4.31 Å². The number of aryl methyl sites for hydroxylation is 1. The smallest absolute Gasteiger partial charge is 0.243 e. The third-order valence-electron chi connectivity index (χ3n) is 5.48. The standard InChI is InChI=1S/C22H31N3O4S/c1-3-24(4-2)21-12-11-19(30(27,28)25-14-6-5-7-15-25)17-20(21)23-22(26)13-10-18-9-8-16-29-18/h8-9,11-12,16-17H,3-7,10,13-15H2,1-2H3,(H,23,26). The van der Waals surface area contributed by atoms with Gasteiger partial charge in [0.05, 0.1) is 22.5 Å². The maximum absolute atomic E-state index is 13.1. The molecule has 1 fully saturated rings. The first kappa shape index (κ1) is 22.4. The van der Waals surface area contributed by atoms with E-state index >= 15 is 0 Å². The van der Waals surface area contributed by atoms with Gasteiger partial charge in [-0.15, -0.1) is 0 Å². The zero-order valence-corrected chi connectivity index (χ0v) is 18.6. The highest BCUT2D eigenvalue weighted by Crippen LogP contribution is 2.31. The molecule has 1 amide bonds. The maximum Gasteiger partial charge on any atom is 0.243 e. The molecule has 8 heteroatoms. The number of anilines is 2. The molecule has 1 saturated heterocycles. The van der Waals surface area contributed by atoms with Gasteiger partial charge in [-0.1, -0.05) is 6.42 Å². The van der Waals surface area contributed by atoms with Gasteiger partial charge in [0, 0.05) is 39.0 Å². The summed E-state index contributed by atoms with van der Waals surface area (Å²) in [6.45, 7) is 6.67. The summed E-state index contributed by atoms with van der Waals surface area (Å²) in [6.07, 6.45) is 5.16. The molecule has 1 aromatic heterocycles. The predicted octanol–water partition coefficient (Wildman–Crippen LogP) is 3.87. The summed E-state index contributed by atoms with van der Waals surface area (Å²) in [6, 6.07) is 8.67. The third-order valence-corrected chi connectivity index (χ3v) is 7.37. The number of carbonyl (C=O) groups is 1. The number of hydrogen-bond acceptors (Lipinski definition) is 5. The van der Waals surface area contributed by atoms with Crippen molar-refractivity contribution in [3.63, 3.8) is 0 Å². The Morgan fingerprint density at radius 1 is 1.13 bits per heavy atom. The van der Waals surface area contributed by atoms with Crippen molar-refractivity contribution < 1.29 is 17.6 Å². The molecule has 30 heavy (non-hydrogen) atoms. The molecule has 0 spiro atoms. The lowest BCUT2D eigenvalue weighted by Crippen LogP contribution is -2.35. The maximum atomic E-state index is 13.1. The lowest BCUT2D eigenvalue weighted by molar-refractivity contribution is -0.116. The van der Waals surface area contributed by atoms with E-state index in [0.717, 1.165) is 43.8 Å². The average Bonchev–Trinajstić information content (AvgIpc) is 3.28. The van der Waals surface area contributed by atoms with Gasteiger partial charge in [0.15, 0.2) is 0 Å². The van der Waals surface area contributed by atoms with Gasteiger partial charge in [-0.2, -0.15) is 4.31 Å². The Morgan fingerprint density at radius 2 is 1.87 bits per heavy atom. The number of nitrogens with one attached hydrogen (secondary N) is 1. The number of furan rings is 1. The van der Waals surface area contributed by atoms with Gasteiger partial charge in [-0.05, 0) is 57.0 Å². The monoisotopic (exact) mass is 433 g/mol. The summed E-state index contributed by atoms with van der Waals surface area (Å²) in [5, 5.41) is 2.93. The molecular weight excluding hydrogens is 402 g/mol. The second-order valence-corrected chi connectivity index (χ2v) is 9.38. The van der Waals surface area contributed by atoms with Crippen LogP contribution in [0.4, 0.5) is 11.4 Å².